The summed E-state index contributed by atoms with van der Waals surface area (Å²) in [7, 11) is 0. The van der Waals surface area contributed by atoms with E-state index in [1.165, 1.54) is 25.3 Å². The molecule has 5 rings (SSSR count). The van der Waals surface area contributed by atoms with Gasteiger partial charge in [0.1, 0.15) is 5.82 Å². The zero-order chi connectivity index (χ0) is 17.1. The smallest absolute Gasteiger partial charge is 0.326 e. The van der Waals surface area contributed by atoms with Crippen molar-refractivity contribution in [3.63, 3.8) is 0 Å². The van der Waals surface area contributed by atoms with E-state index in [4.69, 9.17) is 0 Å². The van der Waals surface area contributed by atoms with Crippen molar-refractivity contribution in [2.24, 2.45) is 23.2 Å². The van der Waals surface area contributed by atoms with E-state index in [2.05, 4.69) is 5.32 Å². The predicted octanol–water partition coefficient (Wildman–Crippen LogP) is 5.00. The van der Waals surface area contributed by atoms with Gasteiger partial charge in [0, 0.05) is 5.69 Å². The van der Waals surface area contributed by atoms with Crippen LogP contribution < -0.4 is 5.32 Å². The molecule has 0 heterocycles. The van der Waals surface area contributed by atoms with Gasteiger partial charge in [-0.05, 0) is 74.5 Å². The van der Waals surface area contributed by atoms with Gasteiger partial charge in [-0.25, -0.2) is 4.39 Å². The second-order valence-electron chi connectivity index (χ2n) is 7.84. The lowest BCUT2D eigenvalue weighted by Crippen LogP contribution is -2.51. The highest BCUT2D eigenvalue weighted by atomic mass is 19.4. The number of alkyl halides is 3. The van der Waals surface area contributed by atoms with Crippen molar-refractivity contribution in [3.05, 3.63) is 29.6 Å². The van der Waals surface area contributed by atoms with E-state index in [9.17, 15) is 22.4 Å². The Balaban J connectivity index is 1.57. The molecule has 2 nitrogen and oxygen atoms in total. The first-order valence-corrected chi connectivity index (χ1v) is 8.43. The van der Waals surface area contributed by atoms with Crippen LogP contribution in [0.4, 0.5) is 23.2 Å². The van der Waals surface area contributed by atoms with Crippen LogP contribution in [0.1, 0.15) is 44.1 Å². The monoisotopic (exact) mass is 341 g/mol. The average molecular weight is 341 g/mol. The summed E-state index contributed by atoms with van der Waals surface area (Å²) in [5.74, 6) is 0.194. The number of carbonyl (C=O) groups is 1. The first kappa shape index (κ1) is 15.9. The quantitative estimate of drug-likeness (QED) is 0.754. The molecule has 0 unspecified atom stereocenters. The van der Waals surface area contributed by atoms with Crippen LogP contribution in [0.2, 0.25) is 0 Å². The zero-order valence-corrected chi connectivity index (χ0v) is 13.1. The lowest BCUT2D eigenvalue weighted by atomic mass is 9.49. The van der Waals surface area contributed by atoms with Crippen LogP contribution >= 0.6 is 0 Å². The largest absolute Gasteiger partial charge is 0.419 e. The number of rotatable bonds is 2. The van der Waals surface area contributed by atoms with Crippen molar-refractivity contribution in [1.82, 2.24) is 0 Å². The number of nitrogens with one attached hydrogen (secondary N) is 1. The lowest BCUT2D eigenvalue weighted by Gasteiger charge is -2.55. The van der Waals surface area contributed by atoms with Crippen molar-refractivity contribution < 1.29 is 22.4 Å². The lowest BCUT2D eigenvalue weighted by molar-refractivity contribution is -0.141. The Kier molecular flexibility index (Phi) is 3.45. The normalized spacial score (nSPS) is 34.4. The number of benzene rings is 1. The van der Waals surface area contributed by atoms with Gasteiger partial charge in [-0.15, -0.1) is 0 Å². The van der Waals surface area contributed by atoms with Gasteiger partial charge < -0.3 is 5.32 Å². The Morgan fingerprint density at radius 3 is 2.08 bits per heavy atom. The Labute approximate surface area is 137 Å². The maximum absolute atomic E-state index is 13.4. The summed E-state index contributed by atoms with van der Waals surface area (Å²) in [6.07, 6.45) is 1.27. The van der Waals surface area contributed by atoms with Crippen molar-refractivity contribution in [2.45, 2.75) is 44.7 Å². The molecule has 0 spiro atoms. The molecule has 1 aromatic rings. The molecule has 0 atom stereocenters. The SMILES string of the molecule is O=C(Nc1ccc(F)c(C(F)(F)F)c1)C12CC3CC(CC(C3)C1)C2. The van der Waals surface area contributed by atoms with Crippen molar-refractivity contribution in [1.29, 1.82) is 0 Å². The van der Waals surface area contributed by atoms with Crippen LogP contribution in [0.25, 0.3) is 0 Å². The number of halogens is 4. The average Bonchev–Trinajstić information content (AvgIpc) is 2.46. The van der Waals surface area contributed by atoms with Gasteiger partial charge in [-0.2, -0.15) is 13.2 Å². The summed E-state index contributed by atoms with van der Waals surface area (Å²) >= 11 is 0. The van der Waals surface area contributed by atoms with Gasteiger partial charge in [0.15, 0.2) is 0 Å². The first-order valence-electron chi connectivity index (χ1n) is 8.43. The number of hydrogen-bond donors (Lipinski definition) is 1. The molecule has 4 saturated carbocycles. The molecule has 4 aliphatic rings. The maximum Gasteiger partial charge on any atom is 0.419 e. The van der Waals surface area contributed by atoms with Crippen LogP contribution in [0, 0.1) is 29.0 Å². The molecule has 4 bridgehead atoms. The third-order valence-corrected chi connectivity index (χ3v) is 6.05. The van der Waals surface area contributed by atoms with Crippen LogP contribution in [0.5, 0.6) is 0 Å². The molecule has 1 amide bonds. The summed E-state index contributed by atoms with van der Waals surface area (Å²) in [5, 5.41) is 2.63. The Morgan fingerprint density at radius 1 is 1.04 bits per heavy atom. The maximum atomic E-state index is 13.4. The van der Waals surface area contributed by atoms with E-state index in [1.807, 2.05) is 0 Å². The van der Waals surface area contributed by atoms with Crippen LogP contribution in [-0.2, 0) is 11.0 Å². The van der Waals surface area contributed by atoms with E-state index in [0.717, 1.165) is 25.3 Å². The fourth-order valence-corrected chi connectivity index (χ4v) is 5.47. The third-order valence-electron chi connectivity index (χ3n) is 6.05. The van der Waals surface area contributed by atoms with Crippen molar-refractivity contribution >= 4 is 11.6 Å². The van der Waals surface area contributed by atoms with Crippen LogP contribution in [0.15, 0.2) is 18.2 Å². The summed E-state index contributed by atoms with van der Waals surface area (Å²) in [5.41, 5.74) is -1.77. The standard InChI is InChI=1S/C18H19F4NO/c19-15-2-1-13(6-14(15)18(20,21)22)23-16(24)17-7-10-3-11(8-17)5-12(4-10)9-17/h1-2,6,10-12H,3-5,7-9H2,(H,23,24). The topological polar surface area (TPSA) is 29.1 Å². The minimum absolute atomic E-state index is 0.0180. The number of carbonyl (C=O) groups excluding carboxylic acids is 1. The minimum atomic E-state index is -4.77. The summed E-state index contributed by atoms with van der Waals surface area (Å²) in [6.45, 7) is 0. The molecule has 0 aromatic heterocycles. The molecule has 24 heavy (non-hydrogen) atoms. The second kappa shape index (κ2) is 5.20. The molecule has 6 heteroatoms. The van der Waals surface area contributed by atoms with Gasteiger partial charge in [-0.1, -0.05) is 0 Å². The zero-order valence-electron chi connectivity index (χ0n) is 13.1. The fourth-order valence-electron chi connectivity index (χ4n) is 5.47. The summed E-state index contributed by atoms with van der Waals surface area (Å²) in [6, 6.07) is 2.65. The van der Waals surface area contributed by atoms with E-state index >= 15 is 0 Å². The molecule has 0 saturated heterocycles. The van der Waals surface area contributed by atoms with Crippen LogP contribution in [0.3, 0.4) is 0 Å². The van der Waals surface area contributed by atoms with E-state index in [1.54, 1.807) is 0 Å². The van der Waals surface area contributed by atoms with Gasteiger partial charge in [0.25, 0.3) is 0 Å². The Morgan fingerprint density at radius 2 is 1.58 bits per heavy atom. The highest BCUT2D eigenvalue weighted by Gasteiger charge is 2.54. The van der Waals surface area contributed by atoms with E-state index in [-0.39, 0.29) is 11.6 Å². The highest BCUT2D eigenvalue weighted by Crippen LogP contribution is 2.60. The molecule has 4 fully saturated rings. The van der Waals surface area contributed by atoms with E-state index < -0.39 is 23.0 Å². The molecular formula is C18H19F4NO. The third kappa shape index (κ3) is 2.60. The Hall–Kier alpha value is -1.59. The molecule has 1 aromatic carbocycles. The molecular weight excluding hydrogens is 322 g/mol. The fraction of sp³-hybridized carbons (Fsp3) is 0.611. The number of amides is 1. The predicted molar refractivity (Wildman–Crippen MR) is 80.6 cm³/mol. The Bertz CT molecular complexity index is 647. The van der Waals surface area contributed by atoms with Crippen LogP contribution in [-0.4, -0.2) is 5.91 Å². The van der Waals surface area contributed by atoms with Gasteiger partial charge in [0.05, 0.1) is 11.0 Å². The molecule has 130 valence electrons. The summed E-state index contributed by atoms with van der Waals surface area (Å²) in [4.78, 5) is 12.8. The van der Waals surface area contributed by atoms with Crippen molar-refractivity contribution in [2.75, 3.05) is 5.32 Å². The van der Waals surface area contributed by atoms with E-state index in [0.29, 0.717) is 23.8 Å². The van der Waals surface area contributed by atoms with Gasteiger partial charge in [0.2, 0.25) is 5.91 Å². The molecule has 1 N–H and O–H groups in total. The minimum Gasteiger partial charge on any atom is -0.326 e. The number of hydrogen-bond acceptors (Lipinski definition) is 1. The second-order valence-corrected chi connectivity index (χ2v) is 7.84. The molecule has 0 aliphatic heterocycles. The van der Waals surface area contributed by atoms with Gasteiger partial charge >= 0.3 is 6.18 Å². The van der Waals surface area contributed by atoms with Crippen molar-refractivity contribution in [3.8, 4) is 0 Å². The molecule has 4 aliphatic carbocycles. The summed E-state index contributed by atoms with van der Waals surface area (Å²) < 4.78 is 51.9. The molecule has 0 radical (unpaired) electrons. The number of anilines is 1. The van der Waals surface area contributed by atoms with Gasteiger partial charge in [-0.3, -0.25) is 4.79 Å². The highest BCUT2D eigenvalue weighted by molar-refractivity contribution is 5.95. The first-order chi connectivity index (χ1) is 11.2.